The molecular formula is C21H33O3Si. The van der Waals surface area contributed by atoms with E-state index in [4.69, 9.17) is 9.16 Å². The van der Waals surface area contributed by atoms with Gasteiger partial charge in [0.05, 0.1) is 0 Å². The van der Waals surface area contributed by atoms with Crippen LogP contribution < -0.4 is 4.43 Å². The summed E-state index contributed by atoms with van der Waals surface area (Å²) in [5.74, 6) is 0.497. The molecule has 0 spiro atoms. The lowest BCUT2D eigenvalue weighted by molar-refractivity contribution is -0.140. The topological polar surface area (TPSA) is 35.5 Å². The van der Waals surface area contributed by atoms with Crippen LogP contribution in [0.3, 0.4) is 0 Å². The number of esters is 1. The van der Waals surface area contributed by atoms with Crippen molar-refractivity contribution >= 4 is 15.0 Å². The highest BCUT2D eigenvalue weighted by atomic mass is 28.3. The first-order chi connectivity index (χ1) is 11.2. The van der Waals surface area contributed by atoms with Crippen LogP contribution in [-0.4, -0.2) is 15.0 Å². The highest BCUT2D eigenvalue weighted by molar-refractivity contribution is 6.49. The van der Waals surface area contributed by atoms with Crippen molar-refractivity contribution in [2.45, 2.75) is 79.0 Å². The highest BCUT2D eigenvalue weighted by Crippen LogP contribution is 2.39. The van der Waals surface area contributed by atoms with Crippen LogP contribution in [0.15, 0.2) is 24.3 Å². The molecule has 3 nitrogen and oxygen atoms in total. The molecule has 1 rings (SSSR count). The van der Waals surface area contributed by atoms with Crippen LogP contribution in [0, 0.1) is 0 Å². The Morgan fingerprint density at radius 1 is 1.08 bits per heavy atom. The minimum Gasteiger partial charge on any atom is -0.542 e. The number of carbonyl (C=O) groups excluding carboxylic acids is 1. The van der Waals surface area contributed by atoms with E-state index in [9.17, 15) is 4.79 Å². The zero-order chi connectivity index (χ0) is 19.6. The van der Waals surface area contributed by atoms with Gasteiger partial charge in [-0.3, -0.25) is 0 Å². The summed E-state index contributed by atoms with van der Waals surface area (Å²) in [6.45, 7) is 22.8. The predicted octanol–water partition coefficient (Wildman–Crippen LogP) is 5.53. The van der Waals surface area contributed by atoms with Crippen molar-refractivity contribution in [1.82, 2.24) is 0 Å². The van der Waals surface area contributed by atoms with E-state index in [1.165, 1.54) is 5.56 Å². The van der Waals surface area contributed by atoms with E-state index in [0.29, 0.717) is 5.57 Å². The van der Waals surface area contributed by atoms with Crippen LogP contribution in [0.1, 0.15) is 65.2 Å². The summed E-state index contributed by atoms with van der Waals surface area (Å²) < 4.78 is 11.7. The third-order valence-electron chi connectivity index (χ3n) is 3.85. The van der Waals surface area contributed by atoms with Crippen LogP contribution in [0.5, 0.6) is 5.75 Å². The fraction of sp³-hybridized carbons (Fsp3) is 0.571. The molecule has 0 fully saturated rings. The van der Waals surface area contributed by atoms with Crippen LogP contribution in [0.25, 0.3) is 0 Å². The highest BCUT2D eigenvalue weighted by Gasteiger charge is 2.27. The molecule has 0 bridgehead atoms. The van der Waals surface area contributed by atoms with E-state index in [1.807, 2.05) is 0 Å². The van der Waals surface area contributed by atoms with Gasteiger partial charge in [0.2, 0.25) is 0 Å². The van der Waals surface area contributed by atoms with E-state index >= 15 is 0 Å². The monoisotopic (exact) mass is 361 g/mol. The van der Waals surface area contributed by atoms with Crippen molar-refractivity contribution in [1.29, 1.82) is 0 Å². The standard InChI is InChI=1S/C21H33O3Si/c1-14(2)19(22)23-13-15-11-16(20(3,4)5)12-17(21(6,7)8)18(15)24-25(9)10/h11-12H,1,13H2,2-10H3. The number of hydrogen-bond acceptors (Lipinski definition) is 3. The van der Waals surface area contributed by atoms with Gasteiger partial charge in [-0.2, -0.15) is 0 Å². The fourth-order valence-corrected chi connectivity index (χ4v) is 3.03. The van der Waals surface area contributed by atoms with Crippen molar-refractivity contribution in [3.8, 4) is 5.75 Å². The van der Waals surface area contributed by atoms with Gasteiger partial charge in [-0.1, -0.05) is 54.2 Å². The van der Waals surface area contributed by atoms with Crippen LogP contribution in [-0.2, 0) is 27.0 Å². The van der Waals surface area contributed by atoms with Gasteiger partial charge >= 0.3 is 5.97 Å². The van der Waals surface area contributed by atoms with Crippen LogP contribution in [0.4, 0.5) is 0 Å². The average molecular weight is 362 g/mol. The molecular weight excluding hydrogens is 328 g/mol. The summed E-state index contributed by atoms with van der Waals surface area (Å²) >= 11 is 0. The van der Waals surface area contributed by atoms with Gasteiger partial charge in [-0.25, -0.2) is 4.79 Å². The molecule has 4 heteroatoms. The molecule has 0 heterocycles. The molecule has 0 N–H and O–H groups in total. The molecule has 1 aromatic carbocycles. The molecule has 139 valence electrons. The van der Waals surface area contributed by atoms with Gasteiger partial charge in [0.1, 0.15) is 12.4 Å². The lowest BCUT2D eigenvalue weighted by Crippen LogP contribution is -2.22. The lowest BCUT2D eigenvalue weighted by Gasteiger charge is -2.30. The van der Waals surface area contributed by atoms with Gasteiger partial charge in [0.25, 0.3) is 9.04 Å². The largest absolute Gasteiger partial charge is 0.542 e. The second-order valence-electron chi connectivity index (χ2n) is 8.88. The van der Waals surface area contributed by atoms with Gasteiger partial charge in [0.15, 0.2) is 0 Å². The number of rotatable bonds is 5. The van der Waals surface area contributed by atoms with Gasteiger partial charge < -0.3 is 9.16 Å². The summed E-state index contributed by atoms with van der Waals surface area (Å²) in [6.07, 6.45) is 0. The molecule has 0 saturated heterocycles. The maximum atomic E-state index is 11.9. The maximum absolute atomic E-state index is 11.9. The quantitative estimate of drug-likeness (QED) is 0.393. The number of ether oxygens (including phenoxy) is 1. The Labute approximate surface area is 155 Å². The molecule has 0 aliphatic carbocycles. The van der Waals surface area contributed by atoms with Crippen molar-refractivity contribution in [2.24, 2.45) is 0 Å². The van der Waals surface area contributed by atoms with E-state index in [-0.39, 0.29) is 23.4 Å². The molecule has 25 heavy (non-hydrogen) atoms. The molecule has 0 aromatic heterocycles. The lowest BCUT2D eigenvalue weighted by atomic mass is 9.79. The fourth-order valence-electron chi connectivity index (χ4n) is 2.38. The Hall–Kier alpha value is -1.55. The van der Waals surface area contributed by atoms with Crippen molar-refractivity contribution in [2.75, 3.05) is 0 Å². The molecule has 0 aliphatic rings. The third kappa shape index (κ3) is 6.03. The zero-order valence-electron chi connectivity index (χ0n) is 17.3. The average Bonchev–Trinajstić information content (AvgIpc) is 2.42. The number of carbonyl (C=O) groups is 1. The van der Waals surface area contributed by atoms with E-state index in [2.05, 4.69) is 73.3 Å². The summed E-state index contributed by atoms with van der Waals surface area (Å²) in [5, 5.41) is 0. The summed E-state index contributed by atoms with van der Waals surface area (Å²) in [7, 11) is -0.950. The molecule has 0 saturated carbocycles. The Balaban J connectivity index is 3.51. The third-order valence-corrected chi connectivity index (χ3v) is 4.47. The molecule has 1 aromatic rings. The van der Waals surface area contributed by atoms with E-state index in [1.54, 1.807) is 6.92 Å². The normalized spacial score (nSPS) is 12.2. The zero-order valence-corrected chi connectivity index (χ0v) is 18.3. The molecule has 0 amide bonds. The molecule has 1 radical (unpaired) electrons. The predicted molar refractivity (Wildman–Crippen MR) is 107 cm³/mol. The smallest absolute Gasteiger partial charge is 0.333 e. The Morgan fingerprint density at radius 3 is 2.04 bits per heavy atom. The first kappa shape index (κ1) is 21.5. The molecule has 0 atom stereocenters. The minimum atomic E-state index is -0.950. The summed E-state index contributed by atoms with van der Waals surface area (Å²) in [4.78, 5) is 11.9. The molecule has 0 aliphatic heterocycles. The second-order valence-corrected chi connectivity index (χ2v) is 10.9. The Kier molecular flexibility index (Phi) is 6.68. The minimum absolute atomic E-state index is 0.00213. The first-order valence-corrected chi connectivity index (χ1v) is 11.1. The van der Waals surface area contributed by atoms with E-state index in [0.717, 1.165) is 16.9 Å². The number of hydrogen-bond donors (Lipinski definition) is 0. The SMILES string of the molecule is C=C(C)C(=O)OCc1cc(C(C)(C)C)cc(C(C)(C)C)c1O[Si](C)C. The number of benzene rings is 1. The first-order valence-electron chi connectivity index (χ1n) is 8.72. The maximum Gasteiger partial charge on any atom is 0.333 e. The summed E-state index contributed by atoms with van der Waals surface area (Å²) in [6, 6.07) is 4.35. The Morgan fingerprint density at radius 2 is 1.64 bits per heavy atom. The molecule has 0 unspecified atom stereocenters. The van der Waals surface area contributed by atoms with E-state index < -0.39 is 9.04 Å². The van der Waals surface area contributed by atoms with Crippen LogP contribution >= 0.6 is 0 Å². The van der Waals surface area contributed by atoms with Crippen molar-refractivity contribution in [3.63, 3.8) is 0 Å². The van der Waals surface area contributed by atoms with Gasteiger partial charge in [-0.15, -0.1) is 0 Å². The van der Waals surface area contributed by atoms with Crippen LogP contribution in [0.2, 0.25) is 13.1 Å². The van der Waals surface area contributed by atoms with Crippen molar-refractivity contribution < 1.29 is 14.0 Å². The van der Waals surface area contributed by atoms with Crippen molar-refractivity contribution in [3.05, 3.63) is 41.0 Å². The second kappa shape index (κ2) is 7.77. The summed E-state index contributed by atoms with van der Waals surface area (Å²) in [5.41, 5.74) is 3.64. The van der Waals surface area contributed by atoms with Gasteiger partial charge in [0, 0.05) is 11.1 Å². The van der Waals surface area contributed by atoms with Gasteiger partial charge in [-0.05, 0) is 48.0 Å². The Bertz CT molecular complexity index is 646.